The molecule has 1 heterocycles. The first-order valence-electron chi connectivity index (χ1n) is 22.1. The van der Waals surface area contributed by atoms with Gasteiger partial charge in [-0.05, 0) is 32.1 Å². The van der Waals surface area contributed by atoms with Gasteiger partial charge in [-0.1, -0.05) is 179 Å². The second kappa shape index (κ2) is 35.1. The van der Waals surface area contributed by atoms with Gasteiger partial charge in [0.25, 0.3) is 0 Å². The molecule has 7 atom stereocenters. The van der Waals surface area contributed by atoms with Gasteiger partial charge in [0.1, 0.15) is 24.4 Å². The molecule has 0 bridgehead atoms. The predicted octanol–water partition coefficient (Wildman–Crippen LogP) is 8.72. The minimum Gasteiger partial charge on any atom is -0.394 e. The lowest BCUT2D eigenvalue weighted by Gasteiger charge is -2.40. The lowest BCUT2D eigenvalue weighted by Crippen LogP contribution is -2.60. The van der Waals surface area contributed by atoms with E-state index in [0.29, 0.717) is 6.42 Å². The molecule has 1 fully saturated rings. The van der Waals surface area contributed by atoms with Crippen LogP contribution in [-0.4, -0.2) is 87.5 Å². The topological polar surface area (TPSA) is 149 Å². The number of ether oxygens (including phenoxy) is 2. The fraction of sp³-hybridized carbons (Fsp3) is 0.886. The number of rotatable bonds is 36. The number of carbonyl (C=O) groups is 1. The highest BCUT2D eigenvalue weighted by Crippen LogP contribution is 2.22. The quantitative estimate of drug-likeness (QED) is 0.0275. The van der Waals surface area contributed by atoms with Crippen molar-refractivity contribution in [1.82, 2.24) is 5.32 Å². The van der Waals surface area contributed by atoms with Crippen LogP contribution >= 0.6 is 0 Å². The molecule has 0 aliphatic carbocycles. The number of carbonyl (C=O) groups excluding carboxylic acids is 1. The monoisotopic (exact) mass is 754 g/mol. The summed E-state index contributed by atoms with van der Waals surface area (Å²) in [5.74, 6) is -0.186. The number of nitrogens with one attached hydrogen (secondary N) is 1. The molecule has 9 heteroatoms. The van der Waals surface area contributed by atoms with Gasteiger partial charge in [-0.15, -0.1) is 0 Å². The number of hydrogen-bond acceptors (Lipinski definition) is 8. The third-order valence-electron chi connectivity index (χ3n) is 10.5. The van der Waals surface area contributed by atoms with Crippen LogP contribution in [0.25, 0.3) is 0 Å². The highest BCUT2D eigenvalue weighted by molar-refractivity contribution is 5.76. The van der Waals surface area contributed by atoms with Crippen molar-refractivity contribution in [3.63, 3.8) is 0 Å². The molecule has 0 saturated carbocycles. The summed E-state index contributed by atoms with van der Waals surface area (Å²) >= 11 is 0. The largest absolute Gasteiger partial charge is 0.394 e. The van der Waals surface area contributed by atoms with Crippen LogP contribution < -0.4 is 5.32 Å². The summed E-state index contributed by atoms with van der Waals surface area (Å²) in [6.07, 6.45) is 33.6. The molecule has 9 nitrogen and oxygen atoms in total. The van der Waals surface area contributed by atoms with Crippen molar-refractivity contribution in [2.45, 2.75) is 236 Å². The molecule has 0 radical (unpaired) electrons. The molecular formula is C44H83NO8. The third-order valence-corrected chi connectivity index (χ3v) is 10.5. The van der Waals surface area contributed by atoms with Crippen molar-refractivity contribution in [3.05, 3.63) is 24.3 Å². The van der Waals surface area contributed by atoms with E-state index in [1.807, 2.05) is 6.08 Å². The Morgan fingerprint density at radius 3 is 1.58 bits per heavy atom. The number of aliphatic hydroxyl groups is 5. The molecule has 1 amide bonds. The number of amides is 1. The van der Waals surface area contributed by atoms with Gasteiger partial charge in [-0.2, -0.15) is 0 Å². The minimum absolute atomic E-state index is 0.186. The zero-order chi connectivity index (χ0) is 38.8. The van der Waals surface area contributed by atoms with Gasteiger partial charge in [0.15, 0.2) is 6.29 Å². The molecule has 0 aromatic heterocycles. The second-order valence-electron chi connectivity index (χ2n) is 15.5. The Bertz CT molecular complexity index is 883. The third kappa shape index (κ3) is 26.2. The maximum absolute atomic E-state index is 12.9. The molecular weight excluding hydrogens is 670 g/mol. The Morgan fingerprint density at radius 2 is 1.08 bits per heavy atom. The van der Waals surface area contributed by atoms with E-state index in [0.717, 1.165) is 38.5 Å². The summed E-state index contributed by atoms with van der Waals surface area (Å²) < 4.78 is 11.2. The van der Waals surface area contributed by atoms with Gasteiger partial charge >= 0.3 is 0 Å². The van der Waals surface area contributed by atoms with Gasteiger partial charge in [-0.25, -0.2) is 0 Å². The molecule has 2 unspecified atom stereocenters. The molecule has 6 N–H and O–H groups in total. The highest BCUT2D eigenvalue weighted by atomic mass is 16.7. The lowest BCUT2D eigenvalue weighted by atomic mass is 9.99. The van der Waals surface area contributed by atoms with Crippen molar-refractivity contribution in [2.24, 2.45) is 0 Å². The Balaban J connectivity index is 2.41. The zero-order valence-corrected chi connectivity index (χ0v) is 34.0. The maximum atomic E-state index is 12.9. The normalized spacial score (nSPS) is 21.8. The van der Waals surface area contributed by atoms with Gasteiger partial charge in [0.05, 0.1) is 25.4 Å². The second-order valence-corrected chi connectivity index (χ2v) is 15.5. The SMILES string of the molecule is CCCCCCCCCCCC/C=C/CC/C=C/[C@@H](O)[C@H](CO[C@@H]1O[C@H](CO)[C@@H](O)C(O)C1O)NC(=O)CCCCCCCCCCCCCCCC. The van der Waals surface area contributed by atoms with Gasteiger partial charge in [0.2, 0.25) is 5.91 Å². The van der Waals surface area contributed by atoms with Crippen LogP contribution in [0, 0.1) is 0 Å². The Labute approximate surface area is 324 Å². The molecule has 1 saturated heterocycles. The number of hydrogen-bond donors (Lipinski definition) is 6. The lowest BCUT2D eigenvalue weighted by molar-refractivity contribution is -0.302. The molecule has 1 rings (SSSR count). The van der Waals surface area contributed by atoms with E-state index < -0.39 is 49.5 Å². The standard InChI is InChI=1S/C44H83NO8/c1-3-5-7-9-11-13-15-17-19-20-21-23-25-27-29-31-33-38(47)37(36-52-44-43(51)42(50)41(49)39(35-46)53-44)45-40(48)34-32-30-28-26-24-22-18-16-14-12-10-8-6-4-2/h23,25,31,33,37-39,41-44,46-47,49-51H,3-22,24,26-30,32,34-36H2,1-2H3,(H,45,48)/b25-23+,33-31+/t37-,38+,39+,41+,42?,43?,44+/m0/s1. The van der Waals surface area contributed by atoms with E-state index in [9.17, 15) is 30.3 Å². The van der Waals surface area contributed by atoms with Crippen LogP contribution in [-0.2, 0) is 14.3 Å². The minimum atomic E-state index is -1.57. The van der Waals surface area contributed by atoms with Crippen molar-refractivity contribution >= 4 is 5.91 Å². The number of unbranched alkanes of at least 4 members (excludes halogenated alkanes) is 24. The van der Waals surface area contributed by atoms with Crippen LogP contribution in [0.4, 0.5) is 0 Å². The predicted molar refractivity (Wildman–Crippen MR) is 217 cm³/mol. The summed E-state index contributed by atoms with van der Waals surface area (Å²) in [5, 5.41) is 54.1. The van der Waals surface area contributed by atoms with E-state index in [-0.39, 0.29) is 12.5 Å². The Hall–Kier alpha value is -1.33. The summed E-state index contributed by atoms with van der Waals surface area (Å²) in [6, 6.07) is -0.815. The fourth-order valence-corrected chi connectivity index (χ4v) is 6.94. The van der Waals surface area contributed by atoms with Crippen molar-refractivity contribution in [1.29, 1.82) is 0 Å². The first-order valence-corrected chi connectivity index (χ1v) is 22.1. The van der Waals surface area contributed by atoms with Gasteiger partial charge in [-0.3, -0.25) is 4.79 Å². The van der Waals surface area contributed by atoms with E-state index in [4.69, 9.17) is 9.47 Å². The smallest absolute Gasteiger partial charge is 0.220 e. The molecule has 0 aromatic rings. The van der Waals surface area contributed by atoms with Crippen LogP contribution in [0.3, 0.4) is 0 Å². The number of allylic oxidation sites excluding steroid dienone is 3. The van der Waals surface area contributed by atoms with Crippen LogP contribution in [0.5, 0.6) is 0 Å². The molecule has 0 spiro atoms. The van der Waals surface area contributed by atoms with Crippen molar-refractivity contribution in [3.8, 4) is 0 Å². The first kappa shape index (κ1) is 49.7. The van der Waals surface area contributed by atoms with Crippen LogP contribution in [0.15, 0.2) is 24.3 Å². The molecule has 1 aliphatic heterocycles. The van der Waals surface area contributed by atoms with Crippen LogP contribution in [0.1, 0.15) is 194 Å². The average Bonchev–Trinajstić information content (AvgIpc) is 3.16. The molecule has 53 heavy (non-hydrogen) atoms. The van der Waals surface area contributed by atoms with Crippen LogP contribution in [0.2, 0.25) is 0 Å². The van der Waals surface area contributed by atoms with Crippen molar-refractivity contribution < 1.29 is 39.8 Å². The fourth-order valence-electron chi connectivity index (χ4n) is 6.94. The van der Waals surface area contributed by atoms with E-state index in [1.54, 1.807) is 6.08 Å². The Morgan fingerprint density at radius 1 is 0.623 bits per heavy atom. The first-order chi connectivity index (χ1) is 25.8. The number of aliphatic hydroxyl groups excluding tert-OH is 5. The van der Waals surface area contributed by atoms with Gasteiger partial charge in [0, 0.05) is 6.42 Å². The van der Waals surface area contributed by atoms with E-state index >= 15 is 0 Å². The average molecular weight is 754 g/mol. The Kier molecular flexibility index (Phi) is 32.9. The van der Waals surface area contributed by atoms with E-state index in [2.05, 4.69) is 31.3 Å². The maximum Gasteiger partial charge on any atom is 0.220 e. The summed E-state index contributed by atoms with van der Waals surface area (Å²) in [6.45, 7) is 3.75. The molecule has 1 aliphatic rings. The van der Waals surface area contributed by atoms with E-state index in [1.165, 1.54) is 135 Å². The van der Waals surface area contributed by atoms with Crippen molar-refractivity contribution in [2.75, 3.05) is 13.2 Å². The van der Waals surface area contributed by atoms with Gasteiger partial charge < -0.3 is 40.3 Å². The molecule has 312 valence electrons. The zero-order valence-electron chi connectivity index (χ0n) is 34.0. The highest BCUT2D eigenvalue weighted by Gasteiger charge is 2.44. The summed E-state index contributed by atoms with van der Waals surface area (Å²) in [4.78, 5) is 12.9. The summed E-state index contributed by atoms with van der Waals surface area (Å²) in [5.41, 5.74) is 0. The molecule has 0 aromatic carbocycles. The summed E-state index contributed by atoms with van der Waals surface area (Å²) in [7, 11) is 0.